The Bertz CT molecular complexity index is 2260. The number of carbonyl (C=O) groups excluding carboxylic acids is 3. The lowest BCUT2D eigenvalue weighted by Gasteiger charge is -2.39. The first-order chi connectivity index (χ1) is 26.8. The zero-order chi connectivity index (χ0) is 37.6. The molecular formula is C42H42N6O6S. The first kappa shape index (κ1) is 35.1. The Morgan fingerprint density at radius 3 is 2.29 bits per heavy atom. The van der Waals surface area contributed by atoms with Crippen molar-refractivity contribution in [2.45, 2.75) is 38.3 Å². The lowest BCUT2D eigenvalue weighted by Crippen LogP contribution is -2.52. The molecule has 0 aliphatic carbocycles. The molecule has 4 aliphatic rings. The maximum absolute atomic E-state index is 13.1. The minimum Gasteiger partial charge on any atom is -0.508 e. The van der Waals surface area contributed by atoms with Gasteiger partial charge in [-0.15, -0.1) is 11.3 Å². The van der Waals surface area contributed by atoms with Crippen molar-refractivity contribution >= 4 is 50.6 Å². The number of phenols is 2. The molecule has 0 saturated carbocycles. The average Bonchev–Trinajstić information content (AvgIpc) is 3.71. The van der Waals surface area contributed by atoms with Crippen molar-refractivity contribution in [2.75, 3.05) is 55.6 Å². The normalized spacial score (nSPS) is 19.6. The van der Waals surface area contributed by atoms with Crippen LogP contribution in [0.25, 0.3) is 20.5 Å². The summed E-state index contributed by atoms with van der Waals surface area (Å²) in [6.07, 6.45) is 2.84. The molecule has 3 aromatic carbocycles. The third-order valence-corrected chi connectivity index (χ3v) is 12.5. The first-order valence-corrected chi connectivity index (χ1v) is 19.8. The summed E-state index contributed by atoms with van der Waals surface area (Å²) in [5.74, 6) is 2.49. The standard InChI is InChI=1S/C42H42N6O6S/c49-29-5-1-27(2-6-29)40-39(33-10-7-30(50)23-36(33)55-40)54-31-8-3-28(4-9-31)46-17-15-26(16-18-46)24-45-19-21-47(22-20-45)37-13-11-32-34(43-37)25-48(42(32)53)35-12-14-38(51)44-41(35)52/h1-11,13,23,26,35,49-50H,12,14-22,24-25H2,(H,44,51,52). The molecule has 0 bridgehead atoms. The Balaban J connectivity index is 0.769. The predicted molar refractivity (Wildman–Crippen MR) is 211 cm³/mol. The van der Waals surface area contributed by atoms with Gasteiger partial charge in [0.1, 0.15) is 29.1 Å². The zero-order valence-corrected chi connectivity index (χ0v) is 31.1. The van der Waals surface area contributed by atoms with Crippen molar-refractivity contribution < 1.29 is 29.3 Å². The van der Waals surface area contributed by atoms with Gasteiger partial charge in [-0.1, -0.05) is 0 Å². The molecule has 4 aliphatic heterocycles. The number of anilines is 2. The number of phenolic OH excluding ortho intramolecular Hbond substituents is 2. The van der Waals surface area contributed by atoms with Crippen LogP contribution in [0.2, 0.25) is 0 Å². The van der Waals surface area contributed by atoms with Gasteiger partial charge in [0, 0.05) is 68.0 Å². The van der Waals surface area contributed by atoms with Gasteiger partial charge in [-0.2, -0.15) is 0 Å². The molecule has 2 aromatic heterocycles. The molecule has 3 fully saturated rings. The molecule has 0 radical (unpaired) electrons. The minimum atomic E-state index is -0.637. The molecule has 1 atom stereocenters. The number of imide groups is 1. The van der Waals surface area contributed by atoms with Crippen molar-refractivity contribution in [2.24, 2.45) is 5.92 Å². The minimum absolute atomic E-state index is 0.196. The molecule has 3 N–H and O–H groups in total. The van der Waals surface area contributed by atoms with Crippen molar-refractivity contribution in [1.82, 2.24) is 20.1 Å². The second kappa shape index (κ2) is 14.5. The summed E-state index contributed by atoms with van der Waals surface area (Å²) in [7, 11) is 0. The number of nitrogens with zero attached hydrogens (tertiary/aromatic N) is 5. The molecule has 55 heavy (non-hydrogen) atoms. The Hall–Kier alpha value is -5.66. The van der Waals surface area contributed by atoms with Crippen LogP contribution in [-0.4, -0.2) is 94.6 Å². The number of thiophene rings is 1. The maximum atomic E-state index is 13.1. The summed E-state index contributed by atoms with van der Waals surface area (Å²) in [6.45, 7) is 7.01. The maximum Gasteiger partial charge on any atom is 0.256 e. The number of amides is 3. The van der Waals surface area contributed by atoms with E-state index in [1.165, 1.54) is 5.69 Å². The van der Waals surface area contributed by atoms with E-state index in [-0.39, 0.29) is 36.3 Å². The van der Waals surface area contributed by atoms with Gasteiger partial charge in [-0.05, 0) is 110 Å². The van der Waals surface area contributed by atoms with E-state index in [1.54, 1.807) is 40.5 Å². The first-order valence-electron chi connectivity index (χ1n) is 19.0. The van der Waals surface area contributed by atoms with Crippen LogP contribution >= 0.6 is 11.3 Å². The van der Waals surface area contributed by atoms with E-state index >= 15 is 0 Å². The number of carbonyl (C=O) groups is 3. The number of hydrogen-bond acceptors (Lipinski definition) is 11. The monoisotopic (exact) mass is 758 g/mol. The third-order valence-electron chi connectivity index (χ3n) is 11.4. The number of benzene rings is 3. The van der Waals surface area contributed by atoms with Crippen LogP contribution < -0.4 is 19.9 Å². The number of rotatable bonds is 8. The van der Waals surface area contributed by atoms with Crippen molar-refractivity contribution in [3.8, 4) is 33.4 Å². The number of fused-ring (bicyclic) bond motifs is 2. The predicted octanol–water partition coefficient (Wildman–Crippen LogP) is 5.97. The number of aromatic hydroxyl groups is 2. The number of piperazine rings is 1. The highest BCUT2D eigenvalue weighted by atomic mass is 32.1. The second-order valence-corrected chi connectivity index (χ2v) is 15.9. The van der Waals surface area contributed by atoms with E-state index in [1.807, 2.05) is 42.5 Å². The number of pyridine rings is 1. The Kier molecular flexibility index (Phi) is 9.27. The fourth-order valence-corrected chi connectivity index (χ4v) is 9.48. The number of piperidine rings is 2. The van der Waals surface area contributed by atoms with Gasteiger partial charge < -0.3 is 29.6 Å². The number of hydrogen-bond donors (Lipinski definition) is 3. The molecule has 12 nitrogen and oxygen atoms in total. The van der Waals surface area contributed by atoms with Gasteiger partial charge in [0.15, 0.2) is 5.75 Å². The van der Waals surface area contributed by atoms with E-state index < -0.39 is 11.9 Å². The fourth-order valence-electron chi connectivity index (χ4n) is 8.31. The fraction of sp³-hybridized carbons (Fsp3) is 0.333. The third kappa shape index (κ3) is 7.05. The summed E-state index contributed by atoms with van der Waals surface area (Å²) in [5, 5.41) is 23.2. The van der Waals surface area contributed by atoms with Gasteiger partial charge in [0.2, 0.25) is 11.8 Å². The van der Waals surface area contributed by atoms with Gasteiger partial charge in [-0.3, -0.25) is 24.6 Å². The molecule has 3 amide bonds. The van der Waals surface area contributed by atoms with Crippen molar-refractivity contribution in [3.05, 3.63) is 90.1 Å². The summed E-state index contributed by atoms with van der Waals surface area (Å²) in [6, 6.07) is 23.8. The van der Waals surface area contributed by atoms with Crippen molar-refractivity contribution in [3.63, 3.8) is 0 Å². The van der Waals surface area contributed by atoms with Crippen molar-refractivity contribution in [1.29, 1.82) is 0 Å². The SMILES string of the molecule is O=C1CCC(N2Cc3nc(N4CCN(CC5CCN(c6ccc(Oc7c(-c8ccc(O)cc8)sc8cc(O)ccc78)cc6)CC5)CC4)ccc3C2=O)C(=O)N1. The lowest BCUT2D eigenvalue weighted by atomic mass is 9.95. The van der Waals surface area contributed by atoms with Gasteiger partial charge in [-0.25, -0.2) is 4.98 Å². The number of ether oxygens (including phenoxy) is 1. The van der Waals surface area contributed by atoms with E-state index in [0.717, 1.165) is 96.5 Å². The van der Waals surface area contributed by atoms with Crippen LogP contribution in [0.4, 0.5) is 11.5 Å². The van der Waals surface area contributed by atoms with E-state index in [9.17, 15) is 24.6 Å². The summed E-state index contributed by atoms with van der Waals surface area (Å²) < 4.78 is 7.45. The van der Waals surface area contributed by atoms with Crippen LogP contribution in [-0.2, 0) is 16.1 Å². The molecule has 13 heteroatoms. The topological polar surface area (TPSA) is 139 Å². The highest BCUT2D eigenvalue weighted by Gasteiger charge is 2.40. The largest absolute Gasteiger partial charge is 0.508 e. The number of nitrogens with one attached hydrogen (secondary N) is 1. The summed E-state index contributed by atoms with van der Waals surface area (Å²) in [4.78, 5) is 51.8. The molecule has 9 rings (SSSR count). The Morgan fingerprint density at radius 2 is 1.55 bits per heavy atom. The van der Waals surface area contributed by atoms with Gasteiger partial charge >= 0.3 is 0 Å². The second-order valence-electron chi connectivity index (χ2n) is 14.9. The van der Waals surface area contributed by atoms with Crippen LogP contribution in [0.3, 0.4) is 0 Å². The molecule has 3 saturated heterocycles. The van der Waals surface area contributed by atoms with Crippen LogP contribution in [0, 0.1) is 5.92 Å². The van der Waals surface area contributed by atoms with Crippen LogP contribution in [0.15, 0.2) is 78.9 Å². The van der Waals surface area contributed by atoms with Gasteiger partial charge in [0.25, 0.3) is 5.91 Å². The molecule has 282 valence electrons. The molecule has 1 unspecified atom stereocenters. The Labute approximate surface area is 322 Å². The van der Waals surface area contributed by atoms with Crippen LogP contribution in [0.5, 0.6) is 23.0 Å². The van der Waals surface area contributed by atoms with Crippen LogP contribution in [0.1, 0.15) is 41.7 Å². The molecular weight excluding hydrogens is 717 g/mol. The highest BCUT2D eigenvalue weighted by Crippen LogP contribution is 2.47. The zero-order valence-electron chi connectivity index (χ0n) is 30.3. The molecule has 0 spiro atoms. The smallest absolute Gasteiger partial charge is 0.256 e. The highest BCUT2D eigenvalue weighted by molar-refractivity contribution is 7.22. The summed E-state index contributed by atoms with van der Waals surface area (Å²) >= 11 is 1.55. The van der Waals surface area contributed by atoms with E-state index in [4.69, 9.17) is 9.72 Å². The van der Waals surface area contributed by atoms with E-state index in [2.05, 4.69) is 32.1 Å². The van der Waals surface area contributed by atoms with Gasteiger partial charge in [0.05, 0.1) is 22.7 Å². The van der Waals surface area contributed by atoms with E-state index in [0.29, 0.717) is 23.6 Å². The molecule has 5 aromatic rings. The molecule has 6 heterocycles. The number of aromatic nitrogens is 1. The quantitative estimate of drug-likeness (QED) is 0.163. The Morgan fingerprint density at radius 1 is 0.800 bits per heavy atom. The average molecular weight is 759 g/mol. The lowest BCUT2D eigenvalue weighted by molar-refractivity contribution is -0.136. The summed E-state index contributed by atoms with van der Waals surface area (Å²) in [5.41, 5.74) is 3.35.